The van der Waals surface area contributed by atoms with Crippen LogP contribution in [0, 0.1) is 5.92 Å². The Hall–Kier alpha value is -2.85. The molecular formula is C26H31Br2N7O6. The lowest BCUT2D eigenvalue weighted by atomic mass is 9.93. The molecule has 2 aromatic heterocycles. The molecular weight excluding hydrogens is 666 g/mol. The molecule has 0 bridgehead atoms. The second-order valence-electron chi connectivity index (χ2n) is 10.2. The standard InChI is InChI=1S/C26H31Br2N7O6/c27-15-1-4-19(17(28)10-15)41-26(39)34-7-5-14(6-8-34)9-20-32-23(29)21-24(33-20)35(12-30-21)13-40-22(18(37)11-36)25(38)31-16-2-3-16/h1,4,10,12,14,16,18,22,36-37H,2-3,5-9,11,13H2,(H,31,38)(H2,29,32,33)/t18?,22-/m0/s1. The van der Waals surface area contributed by atoms with Gasteiger partial charge >= 0.3 is 6.09 Å². The Kier molecular flexibility index (Phi) is 9.38. The van der Waals surface area contributed by atoms with Gasteiger partial charge in [0.25, 0.3) is 5.91 Å². The number of aliphatic hydroxyl groups is 2. The van der Waals surface area contributed by atoms with Crippen LogP contribution in [-0.2, 0) is 22.7 Å². The molecule has 2 fully saturated rings. The van der Waals surface area contributed by atoms with E-state index in [-0.39, 0.29) is 24.5 Å². The molecule has 13 nitrogen and oxygen atoms in total. The van der Waals surface area contributed by atoms with Gasteiger partial charge in [0.1, 0.15) is 29.9 Å². The molecule has 0 spiro atoms. The fourth-order valence-electron chi connectivity index (χ4n) is 4.62. The number of nitrogens with zero attached hydrogens (tertiary/aromatic N) is 5. The lowest BCUT2D eigenvalue weighted by Gasteiger charge is -2.31. The van der Waals surface area contributed by atoms with Crippen LogP contribution >= 0.6 is 31.9 Å². The molecule has 1 saturated heterocycles. The van der Waals surface area contributed by atoms with Crippen LogP contribution < -0.4 is 15.8 Å². The summed E-state index contributed by atoms with van der Waals surface area (Å²) in [5, 5.41) is 22.3. The maximum absolute atomic E-state index is 12.7. The zero-order chi connectivity index (χ0) is 29.1. The van der Waals surface area contributed by atoms with Crippen LogP contribution in [0.4, 0.5) is 10.6 Å². The molecule has 5 N–H and O–H groups in total. The van der Waals surface area contributed by atoms with Crippen molar-refractivity contribution < 1.29 is 29.3 Å². The second-order valence-corrected chi connectivity index (χ2v) is 12.0. The molecule has 3 heterocycles. The molecule has 2 aliphatic rings. The summed E-state index contributed by atoms with van der Waals surface area (Å²) in [6.45, 7) is 0.323. The Bertz CT molecular complexity index is 1410. The first-order valence-electron chi connectivity index (χ1n) is 13.3. The van der Waals surface area contributed by atoms with E-state index in [1.165, 1.54) is 6.33 Å². The third-order valence-corrected chi connectivity index (χ3v) is 8.20. The number of hydrogen-bond donors (Lipinski definition) is 4. The van der Waals surface area contributed by atoms with E-state index in [9.17, 15) is 19.8 Å². The summed E-state index contributed by atoms with van der Waals surface area (Å²) >= 11 is 6.80. The molecule has 5 rings (SSSR count). The van der Waals surface area contributed by atoms with Crippen LogP contribution in [0.2, 0.25) is 0 Å². The predicted molar refractivity (Wildman–Crippen MR) is 155 cm³/mol. The number of benzene rings is 1. The second kappa shape index (κ2) is 13.0. The van der Waals surface area contributed by atoms with Gasteiger partial charge in [-0.25, -0.2) is 19.7 Å². The van der Waals surface area contributed by atoms with Gasteiger partial charge in [-0.3, -0.25) is 9.36 Å². The Morgan fingerprint density at radius 2 is 1.93 bits per heavy atom. The number of nitrogen functional groups attached to an aromatic ring is 1. The fraction of sp³-hybridized carbons (Fsp3) is 0.500. The van der Waals surface area contributed by atoms with Gasteiger partial charge in [0.15, 0.2) is 17.6 Å². The molecule has 220 valence electrons. The predicted octanol–water partition coefficient (Wildman–Crippen LogP) is 2.36. The lowest BCUT2D eigenvalue weighted by molar-refractivity contribution is -0.147. The average Bonchev–Trinajstić information content (AvgIpc) is 3.67. The van der Waals surface area contributed by atoms with E-state index in [1.807, 2.05) is 12.1 Å². The number of imidazole rings is 1. The topological polar surface area (TPSA) is 178 Å². The number of piperidine rings is 1. The van der Waals surface area contributed by atoms with Crippen molar-refractivity contribution in [3.8, 4) is 5.75 Å². The van der Waals surface area contributed by atoms with E-state index in [4.69, 9.17) is 15.2 Å². The van der Waals surface area contributed by atoms with Crippen molar-refractivity contribution in [1.82, 2.24) is 29.7 Å². The van der Waals surface area contributed by atoms with Gasteiger partial charge < -0.3 is 35.6 Å². The van der Waals surface area contributed by atoms with E-state index < -0.39 is 30.8 Å². The van der Waals surface area contributed by atoms with Gasteiger partial charge in [-0.05, 0) is 65.7 Å². The highest BCUT2D eigenvalue weighted by atomic mass is 79.9. The van der Waals surface area contributed by atoms with Crippen molar-refractivity contribution in [3.63, 3.8) is 0 Å². The van der Waals surface area contributed by atoms with Crippen molar-refractivity contribution in [2.45, 2.75) is 57.1 Å². The third kappa shape index (κ3) is 7.33. The Labute approximate surface area is 252 Å². The zero-order valence-electron chi connectivity index (χ0n) is 22.1. The largest absolute Gasteiger partial charge is 0.415 e. The van der Waals surface area contributed by atoms with E-state index in [1.54, 1.807) is 15.5 Å². The number of fused-ring (bicyclic) bond motifs is 1. The highest BCUT2D eigenvalue weighted by Gasteiger charge is 2.32. The number of halogens is 2. The normalized spacial score (nSPS) is 17.4. The molecule has 1 unspecified atom stereocenters. The summed E-state index contributed by atoms with van der Waals surface area (Å²) in [4.78, 5) is 40.3. The van der Waals surface area contributed by atoms with Crippen molar-refractivity contribution in [2.75, 3.05) is 25.4 Å². The number of ether oxygens (including phenoxy) is 2. The maximum Gasteiger partial charge on any atom is 0.415 e. The monoisotopic (exact) mass is 695 g/mol. The van der Waals surface area contributed by atoms with Crippen molar-refractivity contribution in [2.24, 2.45) is 5.92 Å². The number of aromatic nitrogens is 4. The fourth-order valence-corrected chi connectivity index (χ4v) is 5.75. The summed E-state index contributed by atoms with van der Waals surface area (Å²) in [5.41, 5.74) is 7.02. The molecule has 2 atom stereocenters. The number of amides is 2. The molecule has 0 radical (unpaired) electrons. The minimum absolute atomic E-state index is 0.0786. The Balaban J connectivity index is 1.19. The van der Waals surface area contributed by atoms with Gasteiger partial charge in [0, 0.05) is 30.0 Å². The van der Waals surface area contributed by atoms with Gasteiger partial charge in [0.05, 0.1) is 17.4 Å². The lowest BCUT2D eigenvalue weighted by Crippen LogP contribution is -2.46. The highest BCUT2D eigenvalue weighted by Crippen LogP contribution is 2.30. The van der Waals surface area contributed by atoms with Crippen molar-refractivity contribution in [3.05, 3.63) is 39.3 Å². The van der Waals surface area contributed by atoms with Crippen LogP contribution in [0.1, 0.15) is 31.5 Å². The van der Waals surface area contributed by atoms with Crippen LogP contribution in [0.25, 0.3) is 11.2 Å². The number of carbonyl (C=O) groups is 2. The molecule has 3 aromatic rings. The number of likely N-dealkylation sites (tertiary alicyclic amines) is 1. The summed E-state index contributed by atoms with van der Waals surface area (Å²) in [7, 11) is 0. The minimum atomic E-state index is -1.38. The van der Waals surface area contributed by atoms with E-state index in [0.29, 0.717) is 46.7 Å². The van der Waals surface area contributed by atoms with E-state index in [0.717, 1.165) is 30.2 Å². The summed E-state index contributed by atoms with van der Waals surface area (Å²) in [6.07, 6.45) is 2.27. The van der Waals surface area contributed by atoms with Crippen LogP contribution in [0.5, 0.6) is 5.75 Å². The number of rotatable bonds is 10. The third-order valence-electron chi connectivity index (χ3n) is 7.08. The van der Waals surface area contributed by atoms with E-state index >= 15 is 0 Å². The number of carbonyl (C=O) groups excluding carboxylic acids is 2. The summed E-state index contributed by atoms with van der Waals surface area (Å²) in [5.74, 6) is 0.975. The number of nitrogens with one attached hydrogen (secondary N) is 1. The number of nitrogens with two attached hydrogens (primary N) is 1. The Morgan fingerprint density at radius 3 is 2.61 bits per heavy atom. The maximum atomic E-state index is 12.7. The summed E-state index contributed by atoms with van der Waals surface area (Å²) in [6, 6.07) is 5.43. The first kappa shape index (κ1) is 29.6. The van der Waals surface area contributed by atoms with E-state index in [2.05, 4.69) is 52.1 Å². The van der Waals surface area contributed by atoms with Gasteiger partial charge in [-0.15, -0.1) is 0 Å². The summed E-state index contributed by atoms with van der Waals surface area (Å²) < 4.78 is 14.4. The van der Waals surface area contributed by atoms with Crippen molar-refractivity contribution in [1.29, 1.82) is 0 Å². The van der Waals surface area contributed by atoms with Crippen molar-refractivity contribution >= 4 is 60.8 Å². The molecule has 2 amide bonds. The zero-order valence-corrected chi connectivity index (χ0v) is 25.3. The SMILES string of the molecule is Nc1nc(CC2CCN(C(=O)Oc3ccc(Br)cc3Br)CC2)nc2c1ncn2CO[C@H](C(=O)NC1CC1)C(O)CO. The quantitative estimate of drug-likeness (QED) is 0.246. The van der Waals surface area contributed by atoms with Crippen LogP contribution in [0.15, 0.2) is 33.5 Å². The average molecular weight is 697 g/mol. The number of hydrogen-bond acceptors (Lipinski definition) is 10. The van der Waals surface area contributed by atoms with Crippen LogP contribution in [0.3, 0.4) is 0 Å². The minimum Gasteiger partial charge on any atom is -0.409 e. The molecule has 1 saturated carbocycles. The molecule has 41 heavy (non-hydrogen) atoms. The highest BCUT2D eigenvalue weighted by molar-refractivity contribution is 9.11. The van der Waals surface area contributed by atoms with Crippen LogP contribution in [-0.4, -0.2) is 84.6 Å². The van der Waals surface area contributed by atoms with Gasteiger partial charge in [0.2, 0.25) is 0 Å². The first-order chi connectivity index (χ1) is 19.7. The first-order valence-corrected chi connectivity index (χ1v) is 14.9. The molecule has 1 aromatic carbocycles. The smallest absolute Gasteiger partial charge is 0.409 e. The Morgan fingerprint density at radius 1 is 1.17 bits per heavy atom. The molecule has 1 aliphatic carbocycles. The molecule has 1 aliphatic heterocycles. The number of aliphatic hydroxyl groups excluding tert-OH is 2. The van der Waals surface area contributed by atoms with Gasteiger partial charge in [-0.2, -0.15) is 0 Å². The number of anilines is 1. The molecule has 15 heteroatoms. The van der Waals surface area contributed by atoms with Gasteiger partial charge in [-0.1, -0.05) is 15.9 Å².